The Kier molecular flexibility index (Phi) is 3.95. The Hall–Kier alpha value is -2.39. The lowest BCUT2D eigenvalue weighted by Crippen LogP contribution is -2.27. The van der Waals surface area contributed by atoms with E-state index in [9.17, 15) is 0 Å². The fourth-order valence-corrected chi connectivity index (χ4v) is 3.22. The number of aromatic nitrogens is 2. The summed E-state index contributed by atoms with van der Waals surface area (Å²) in [6.45, 7) is 1.09. The van der Waals surface area contributed by atoms with Gasteiger partial charge in [0.1, 0.15) is 5.82 Å². The summed E-state index contributed by atoms with van der Waals surface area (Å²) < 4.78 is 0. The molecule has 0 aliphatic carbocycles. The molecule has 0 saturated carbocycles. The second-order valence-electron chi connectivity index (χ2n) is 6.13. The maximum atomic E-state index is 4.58. The smallest absolute Gasteiger partial charge is 0.123 e. The van der Waals surface area contributed by atoms with E-state index in [2.05, 4.69) is 63.8 Å². The standard InChI is InChI=1S/C20H21N3/c1-2-6-15(7-3-1)16-9-11-17(12-10-16)19-14-22-20(23-19)18-8-4-5-13-21-18/h1-3,6-7,9-12,14,18,21H,4-5,8,13H2,(H,22,23). The van der Waals surface area contributed by atoms with Crippen LogP contribution >= 0.6 is 0 Å². The van der Waals surface area contributed by atoms with E-state index >= 15 is 0 Å². The number of nitrogens with one attached hydrogen (secondary N) is 2. The van der Waals surface area contributed by atoms with Crippen molar-refractivity contribution in [3.05, 3.63) is 66.6 Å². The van der Waals surface area contributed by atoms with E-state index in [-0.39, 0.29) is 0 Å². The van der Waals surface area contributed by atoms with Gasteiger partial charge < -0.3 is 10.3 Å². The zero-order valence-corrected chi connectivity index (χ0v) is 13.1. The number of benzene rings is 2. The number of hydrogen-bond donors (Lipinski definition) is 2. The number of nitrogens with zero attached hydrogens (tertiary/aromatic N) is 1. The molecule has 1 aliphatic heterocycles. The fourth-order valence-electron chi connectivity index (χ4n) is 3.22. The highest BCUT2D eigenvalue weighted by Crippen LogP contribution is 2.26. The molecule has 1 fully saturated rings. The van der Waals surface area contributed by atoms with Gasteiger partial charge in [-0.1, -0.05) is 61.0 Å². The average Bonchev–Trinajstić information content (AvgIpc) is 3.14. The Morgan fingerprint density at radius 2 is 1.57 bits per heavy atom. The van der Waals surface area contributed by atoms with Crippen molar-refractivity contribution in [3.8, 4) is 22.4 Å². The number of hydrogen-bond acceptors (Lipinski definition) is 2. The van der Waals surface area contributed by atoms with Crippen molar-refractivity contribution in [1.82, 2.24) is 15.3 Å². The number of aromatic amines is 1. The molecule has 1 atom stereocenters. The van der Waals surface area contributed by atoms with E-state index in [0.29, 0.717) is 6.04 Å². The summed E-state index contributed by atoms with van der Waals surface area (Å²) in [6.07, 6.45) is 5.66. The van der Waals surface area contributed by atoms with E-state index < -0.39 is 0 Å². The van der Waals surface area contributed by atoms with Gasteiger partial charge in [0.25, 0.3) is 0 Å². The van der Waals surface area contributed by atoms with Crippen LogP contribution < -0.4 is 5.32 Å². The van der Waals surface area contributed by atoms with Crippen LogP contribution in [0.4, 0.5) is 0 Å². The third kappa shape index (κ3) is 3.06. The quantitative estimate of drug-likeness (QED) is 0.744. The second-order valence-corrected chi connectivity index (χ2v) is 6.13. The summed E-state index contributed by atoms with van der Waals surface area (Å²) in [5, 5.41) is 3.54. The highest BCUT2D eigenvalue weighted by Gasteiger charge is 2.17. The summed E-state index contributed by atoms with van der Waals surface area (Å²) in [5.74, 6) is 1.06. The minimum absolute atomic E-state index is 0.376. The van der Waals surface area contributed by atoms with E-state index in [0.717, 1.165) is 18.1 Å². The van der Waals surface area contributed by atoms with Crippen molar-refractivity contribution in [2.24, 2.45) is 0 Å². The third-order valence-corrected chi connectivity index (χ3v) is 4.54. The van der Waals surface area contributed by atoms with Gasteiger partial charge in [-0.15, -0.1) is 0 Å². The Balaban J connectivity index is 1.55. The summed E-state index contributed by atoms with van der Waals surface area (Å²) in [6, 6.07) is 19.5. The molecule has 1 aliphatic rings. The van der Waals surface area contributed by atoms with Crippen molar-refractivity contribution in [3.63, 3.8) is 0 Å². The van der Waals surface area contributed by atoms with Crippen molar-refractivity contribution in [2.45, 2.75) is 25.3 Å². The molecule has 3 aromatic rings. The van der Waals surface area contributed by atoms with Crippen LogP contribution in [0.15, 0.2) is 60.8 Å². The zero-order valence-electron chi connectivity index (χ0n) is 13.1. The normalized spacial score (nSPS) is 18.0. The largest absolute Gasteiger partial charge is 0.341 e. The molecule has 1 saturated heterocycles. The maximum absolute atomic E-state index is 4.58. The molecular weight excluding hydrogens is 282 g/mol. The first-order chi connectivity index (χ1) is 11.4. The summed E-state index contributed by atoms with van der Waals surface area (Å²) >= 11 is 0. The molecule has 116 valence electrons. The molecule has 4 rings (SSSR count). The SMILES string of the molecule is c1ccc(-c2ccc(-c3cnc(C4CCCCN4)[nH]3)cc2)cc1. The zero-order chi connectivity index (χ0) is 15.5. The molecule has 0 bridgehead atoms. The molecular formula is C20H21N3. The second kappa shape index (κ2) is 6.39. The molecule has 1 aromatic heterocycles. The number of rotatable bonds is 3. The monoisotopic (exact) mass is 303 g/mol. The minimum Gasteiger partial charge on any atom is -0.341 e. The number of H-pyrrole nitrogens is 1. The van der Waals surface area contributed by atoms with E-state index in [4.69, 9.17) is 0 Å². The predicted octanol–water partition coefficient (Wildman–Crippen LogP) is 4.56. The van der Waals surface area contributed by atoms with E-state index in [1.165, 1.54) is 36.0 Å². The molecule has 1 unspecified atom stereocenters. The fraction of sp³-hybridized carbons (Fsp3) is 0.250. The molecule has 3 heteroatoms. The van der Waals surface area contributed by atoms with E-state index in [1.54, 1.807) is 0 Å². The predicted molar refractivity (Wildman–Crippen MR) is 94.1 cm³/mol. The molecule has 2 aromatic carbocycles. The van der Waals surface area contributed by atoms with Crippen molar-refractivity contribution < 1.29 is 0 Å². The molecule has 0 spiro atoms. The van der Waals surface area contributed by atoms with Crippen LogP contribution in [0.2, 0.25) is 0 Å². The first-order valence-electron chi connectivity index (χ1n) is 8.34. The molecule has 2 heterocycles. The minimum atomic E-state index is 0.376. The van der Waals surface area contributed by atoms with Gasteiger partial charge in [-0.2, -0.15) is 0 Å². The molecule has 0 radical (unpaired) electrons. The molecule has 0 amide bonds. The van der Waals surface area contributed by atoms with Crippen LogP contribution in [0.25, 0.3) is 22.4 Å². The Morgan fingerprint density at radius 1 is 0.826 bits per heavy atom. The average molecular weight is 303 g/mol. The summed E-state index contributed by atoms with van der Waals surface area (Å²) in [5.41, 5.74) is 4.75. The van der Waals surface area contributed by atoms with Crippen LogP contribution in [0.3, 0.4) is 0 Å². The van der Waals surface area contributed by atoms with Crippen molar-refractivity contribution in [1.29, 1.82) is 0 Å². The van der Waals surface area contributed by atoms with Gasteiger partial charge in [-0.25, -0.2) is 4.98 Å². The van der Waals surface area contributed by atoms with Crippen molar-refractivity contribution >= 4 is 0 Å². The van der Waals surface area contributed by atoms with Crippen LogP contribution in [0.1, 0.15) is 31.1 Å². The van der Waals surface area contributed by atoms with Crippen LogP contribution in [0.5, 0.6) is 0 Å². The third-order valence-electron chi connectivity index (χ3n) is 4.54. The van der Waals surface area contributed by atoms with Gasteiger partial charge in [0.05, 0.1) is 17.9 Å². The van der Waals surface area contributed by atoms with Crippen LogP contribution in [-0.2, 0) is 0 Å². The van der Waals surface area contributed by atoms with Crippen LogP contribution in [-0.4, -0.2) is 16.5 Å². The highest BCUT2D eigenvalue weighted by atomic mass is 15.0. The summed E-state index contributed by atoms with van der Waals surface area (Å²) in [4.78, 5) is 8.06. The summed E-state index contributed by atoms with van der Waals surface area (Å²) in [7, 11) is 0. The van der Waals surface area contributed by atoms with Crippen LogP contribution in [0, 0.1) is 0 Å². The van der Waals surface area contributed by atoms with Gasteiger partial charge in [-0.05, 0) is 36.1 Å². The molecule has 2 N–H and O–H groups in total. The molecule has 3 nitrogen and oxygen atoms in total. The number of piperidine rings is 1. The highest BCUT2D eigenvalue weighted by molar-refractivity contribution is 5.68. The topological polar surface area (TPSA) is 40.7 Å². The van der Waals surface area contributed by atoms with Crippen molar-refractivity contribution in [2.75, 3.05) is 6.54 Å². The maximum Gasteiger partial charge on any atom is 0.123 e. The first kappa shape index (κ1) is 14.2. The lowest BCUT2D eigenvalue weighted by Gasteiger charge is -2.21. The first-order valence-corrected chi connectivity index (χ1v) is 8.34. The Bertz CT molecular complexity index is 753. The van der Waals surface area contributed by atoms with Gasteiger partial charge in [-0.3, -0.25) is 0 Å². The van der Waals surface area contributed by atoms with E-state index in [1.807, 2.05) is 12.3 Å². The van der Waals surface area contributed by atoms with Gasteiger partial charge >= 0.3 is 0 Å². The Morgan fingerprint density at radius 3 is 2.30 bits per heavy atom. The number of imidazole rings is 1. The molecule has 23 heavy (non-hydrogen) atoms. The van der Waals surface area contributed by atoms with Gasteiger partial charge in [0, 0.05) is 0 Å². The van der Waals surface area contributed by atoms with Gasteiger partial charge in [0.2, 0.25) is 0 Å². The van der Waals surface area contributed by atoms with Gasteiger partial charge in [0.15, 0.2) is 0 Å². The Labute approximate surface area is 136 Å². The lowest BCUT2D eigenvalue weighted by atomic mass is 10.0. The lowest BCUT2D eigenvalue weighted by molar-refractivity contribution is 0.399.